The van der Waals surface area contributed by atoms with E-state index >= 15 is 0 Å². The zero-order chi connectivity index (χ0) is 25.4. The van der Waals surface area contributed by atoms with Crippen molar-refractivity contribution < 1.29 is 14.6 Å². The Hall–Kier alpha value is -3.65. The summed E-state index contributed by atoms with van der Waals surface area (Å²) in [4.78, 5) is 25.5. The highest BCUT2D eigenvalue weighted by atomic mass is 35.5. The molecule has 1 aliphatic carbocycles. The molecule has 2 N–H and O–H groups in total. The van der Waals surface area contributed by atoms with E-state index in [-0.39, 0.29) is 11.9 Å². The Morgan fingerprint density at radius 2 is 1.94 bits per heavy atom. The van der Waals surface area contributed by atoms with E-state index in [1.54, 1.807) is 0 Å². The fourth-order valence-electron chi connectivity index (χ4n) is 4.39. The summed E-state index contributed by atoms with van der Waals surface area (Å²) in [5, 5.41) is 13.8. The Balaban J connectivity index is 1.76. The zero-order valence-corrected chi connectivity index (χ0v) is 21.2. The molecular weight excluding hydrogens is 478 g/mol. The van der Waals surface area contributed by atoms with Gasteiger partial charge in [-0.1, -0.05) is 35.4 Å². The first-order valence-electron chi connectivity index (χ1n) is 12.1. The van der Waals surface area contributed by atoms with Crippen LogP contribution in [0.2, 0.25) is 5.02 Å². The number of benzene rings is 2. The first-order chi connectivity index (χ1) is 17.3. The predicted molar refractivity (Wildman–Crippen MR) is 140 cm³/mol. The third-order valence-corrected chi connectivity index (χ3v) is 6.67. The number of halogens is 1. The number of anilines is 1. The number of ether oxygens (including phenoxy) is 1. The molecule has 186 valence electrons. The molecule has 0 radical (unpaired) electrons. The maximum atomic E-state index is 11.9. The molecule has 5 rings (SSSR count). The molecule has 1 atom stereocenters. The number of imidazole rings is 1. The van der Waals surface area contributed by atoms with Gasteiger partial charge in [0.2, 0.25) is 5.82 Å². The predicted octanol–water partition coefficient (Wildman–Crippen LogP) is 5.81. The van der Waals surface area contributed by atoms with Crippen LogP contribution in [0.25, 0.3) is 22.6 Å². The lowest BCUT2D eigenvalue weighted by Crippen LogP contribution is -2.20. The fraction of sp³-hybridized carbons (Fsp3) is 0.333. The quantitative estimate of drug-likeness (QED) is 0.296. The van der Waals surface area contributed by atoms with Crippen LogP contribution in [0, 0.1) is 12.8 Å². The normalized spacial score (nSPS) is 14.1. The number of carboxylic acid groups (broad SMARTS) is 1. The number of aromatic carboxylic acids is 1. The number of nitrogens with one attached hydrogen (secondary N) is 1. The van der Waals surface area contributed by atoms with E-state index in [1.165, 1.54) is 0 Å². The highest BCUT2D eigenvalue weighted by molar-refractivity contribution is 6.30. The van der Waals surface area contributed by atoms with Crippen molar-refractivity contribution >= 4 is 34.6 Å². The fourth-order valence-corrected chi connectivity index (χ4v) is 4.52. The minimum atomic E-state index is -1.20. The second-order valence-electron chi connectivity index (χ2n) is 9.22. The second-order valence-corrected chi connectivity index (χ2v) is 9.66. The van der Waals surface area contributed by atoms with Crippen LogP contribution in [-0.4, -0.2) is 43.2 Å². The molecule has 1 saturated carbocycles. The number of carboxylic acids is 1. The van der Waals surface area contributed by atoms with Gasteiger partial charge < -0.3 is 19.7 Å². The van der Waals surface area contributed by atoms with Crippen molar-refractivity contribution in [2.75, 3.05) is 11.9 Å². The molecule has 4 aromatic rings. The third-order valence-electron chi connectivity index (χ3n) is 6.42. The van der Waals surface area contributed by atoms with Crippen LogP contribution in [0.3, 0.4) is 0 Å². The molecule has 2 heterocycles. The maximum absolute atomic E-state index is 11.9. The van der Waals surface area contributed by atoms with Crippen LogP contribution < -0.4 is 10.1 Å². The topological polar surface area (TPSA) is 102 Å². The molecule has 0 spiro atoms. The SMILES string of the molecule is CCOc1ccc(C)cc1-c1nc2nc(C(=O)O)nc(NC(C)C3CC3)c2n1Cc1ccc(Cl)cc1. The number of carbonyl (C=O) groups is 1. The number of nitrogens with zero attached hydrogens (tertiary/aromatic N) is 4. The van der Waals surface area contributed by atoms with Gasteiger partial charge in [-0.3, -0.25) is 0 Å². The van der Waals surface area contributed by atoms with E-state index in [1.807, 2.05) is 60.9 Å². The van der Waals surface area contributed by atoms with Crippen LogP contribution in [-0.2, 0) is 6.54 Å². The Morgan fingerprint density at radius 1 is 1.19 bits per heavy atom. The first-order valence-corrected chi connectivity index (χ1v) is 12.5. The molecule has 2 aromatic carbocycles. The molecular formula is C27H28ClN5O3. The van der Waals surface area contributed by atoms with Crippen molar-refractivity contribution in [1.29, 1.82) is 0 Å². The average Bonchev–Trinajstić information content (AvgIpc) is 3.64. The highest BCUT2D eigenvalue weighted by Crippen LogP contribution is 2.37. The van der Waals surface area contributed by atoms with E-state index in [2.05, 4.69) is 22.2 Å². The van der Waals surface area contributed by atoms with Gasteiger partial charge in [-0.25, -0.2) is 19.7 Å². The molecule has 36 heavy (non-hydrogen) atoms. The zero-order valence-electron chi connectivity index (χ0n) is 20.5. The molecule has 2 aromatic heterocycles. The van der Waals surface area contributed by atoms with Gasteiger partial charge in [-0.05, 0) is 69.4 Å². The molecule has 0 amide bonds. The first kappa shape index (κ1) is 24.1. The summed E-state index contributed by atoms with van der Waals surface area (Å²) in [5.41, 5.74) is 3.84. The minimum Gasteiger partial charge on any atom is -0.493 e. The summed E-state index contributed by atoms with van der Waals surface area (Å²) in [5.74, 6) is 0.851. The second kappa shape index (κ2) is 9.78. The third kappa shape index (κ3) is 4.86. The van der Waals surface area contributed by atoms with Crippen molar-refractivity contribution in [3.8, 4) is 17.1 Å². The Bertz CT molecular complexity index is 1430. The lowest BCUT2D eigenvalue weighted by Gasteiger charge is -2.17. The van der Waals surface area contributed by atoms with Gasteiger partial charge in [-0.15, -0.1) is 0 Å². The summed E-state index contributed by atoms with van der Waals surface area (Å²) >= 11 is 6.13. The van der Waals surface area contributed by atoms with Crippen LogP contribution >= 0.6 is 11.6 Å². The molecule has 9 heteroatoms. The highest BCUT2D eigenvalue weighted by Gasteiger charge is 2.30. The average molecular weight is 506 g/mol. The Morgan fingerprint density at radius 3 is 2.61 bits per heavy atom. The van der Waals surface area contributed by atoms with Gasteiger partial charge in [0.25, 0.3) is 0 Å². The summed E-state index contributed by atoms with van der Waals surface area (Å²) in [6, 6.07) is 13.7. The lowest BCUT2D eigenvalue weighted by atomic mass is 10.1. The van der Waals surface area contributed by atoms with E-state index < -0.39 is 5.97 Å². The van der Waals surface area contributed by atoms with Crippen LogP contribution in [0.5, 0.6) is 5.75 Å². The number of hydrogen-bond donors (Lipinski definition) is 2. The number of aromatic nitrogens is 4. The van der Waals surface area contributed by atoms with Crippen molar-refractivity contribution in [3.05, 3.63) is 64.4 Å². The summed E-state index contributed by atoms with van der Waals surface area (Å²) < 4.78 is 7.97. The van der Waals surface area contributed by atoms with Gasteiger partial charge in [0.05, 0.1) is 12.2 Å². The molecule has 0 bridgehead atoms. The van der Waals surface area contributed by atoms with Crippen LogP contribution in [0.1, 0.15) is 48.4 Å². The van der Waals surface area contributed by atoms with E-state index in [0.717, 1.165) is 29.5 Å². The van der Waals surface area contributed by atoms with Crippen molar-refractivity contribution in [2.45, 2.75) is 46.2 Å². The molecule has 1 aliphatic rings. The summed E-state index contributed by atoms with van der Waals surface area (Å²) in [7, 11) is 0. The monoisotopic (exact) mass is 505 g/mol. The Kier molecular flexibility index (Phi) is 6.53. The van der Waals surface area contributed by atoms with E-state index in [4.69, 9.17) is 21.3 Å². The van der Waals surface area contributed by atoms with Gasteiger partial charge in [-0.2, -0.15) is 0 Å². The van der Waals surface area contributed by atoms with Crippen LogP contribution in [0.15, 0.2) is 42.5 Å². The number of rotatable bonds is 9. The number of hydrogen-bond acceptors (Lipinski definition) is 6. The minimum absolute atomic E-state index is 0.144. The molecule has 0 saturated heterocycles. The molecule has 8 nitrogen and oxygen atoms in total. The maximum Gasteiger partial charge on any atom is 0.374 e. The van der Waals surface area contributed by atoms with Gasteiger partial charge in [0.1, 0.15) is 17.1 Å². The van der Waals surface area contributed by atoms with Crippen molar-refractivity contribution in [2.24, 2.45) is 5.92 Å². The molecule has 1 fully saturated rings. The summed E-state index contributed by atoms with van der Waals surface area (Å²) in [6.45, 7) is 7.01. The van der Waals surface area contributed by atoms with Gasteiger partial charge >= 0.3 is 5.97 Å². The van der Waals surface area contributed by atoms with Crippen molar-refractivity contribution in [1.82, 2.24) is 19.5 Å². The molecule has 0 aliphatic heterocycles. The standard InChI is InChI=1S/C27H28ClN5O3/c1-4-36-21-12-5-15(2)13-20(21)26-32-24-22(33(26)14-17-6-10-19(28)11-7-17)23(29-16(3)18-8-9-18)30-25(31-24)27(34)35/h5-7,10-13,16,18H,4,8-9,14H2,1-3H3,(H,34,35)(H,29,30,31). The van der Waals surface area contributed by atoms with Crippen molar-refractivity contribution in [3.63, 3.8) is 0 Å². The van der Waals surface area contributed by atoms with E-state index in [9.17, 15) is 9.90 Å². The van der Waals surface area contributed by atoms with Gasteiger partial charge in [0, 0.05) is 17.6 Å². The van der Waals surface area contributed by atoms with Crippen LogP contribution in [0.4, 0.5) is 5.82 Å². The van der Waals surface area contributed by atoms with E-state index in [0.29, 0.717) is 52.6 Å². The number of aryl methyl sites for hydroxylation is 1. The largest absolute Gasteiger partial charge is 0.493 e. The smallest absolute Gasteiger partial charge is 0.374 e. The lowest BCUT2D eigenvalue weighted by molar-refractivity contribution is 0.0684. The summed E-state index contributed by atoms with van der Waals surface area (Å²) in [6.07, 6.45) is 2.29. The Labute approximate surface area is 214 Å². The number of fused-ring (bicyclic) bond motifs is 1. The molecule has 1 unspecified atom stereocenters. The van der Waals surface area contributed by atoms with Gasteiger partial charge in [0.15, 0.2) is 11.5 Å².